The number of aromatic nitrogens is 4. The fourth-order valence-corrected chi connectivity index (χ4v) is 2.30. The Bertz CT molecular complexity index is 740. The van der Waals surface area contributed by atoms with Gasteiger partial charge in [-0.15, -0.1) is 10.2 Å². The number of hydrogen-bond donors (Lipinski definition) is 0. The first-order valence-corrected chi connectivity index (χ1v) is 6.15. The summed E-state index contributed by atoms with van der Waals surface area (Å²) >= 11 is 1.06. The van der Waals surface area contributed by atoms with Gasteiger partial charge in [0.25, 0.3) is 0 Å². The molecule has 1 aromatic carbocycles. The van der Waals surface area contributed by atoms with Crippen molar-refractivity contribution in [3.8, 4) is 0 Å². The number of para-hydroxylation sites is 1. The van der Waals surface area contributed by atoms with E-state index in [9.17, 15) is 9.90 Å². The van der Waals surface area contributed by atoms with Gasteiger partial charge in [-0.25, -0.2) is 4.98 Å². The lowest BCUT2D eigenvalue weighted by Gasteiger charge is -2.01. The Morgan fingerprint density at radius 2 is 2.17 bits per heavy atom. The smallest absolute Gasteiger partial charge is 0.197 e. The van der Waals surface area contributed by atoms with Crippen LogP contribution in [0.15, 0.2) is 35.7 Å². The van der Waals surface area contributed by atoms with Crippen LogP contribution in [0, 0.1) is 0 Å². The lowest BCUT2D eigenvalue weighted by atomic mass is 10.2. The van der Waals surface area contributed by atoms with Gasteiger partial charge in [-0.3, -0.25) is 4.40 Å². The van der Waals surface area contributed by atoms with Gasteiger partial charge >= 0.3 is 0 Å². The molecule has 0 aliphatic carbocycles. The molecule has 90 valence electrons. The molecule has 0 bridgehead atoms. The second kappa shape index (κ2) is 4.26. The van der Waals surface area contributed by atoms with Crippen molar-refractivity contribution in [2.75, 3.05) is 5.75 Å². The molecule has 0 unspecified atom stereocenters. The molecular weight excluding hydrogens is 252 g/mol. The minimum absolute atomic E-state index is 0.159. The van der Waals surface area contributed by atoms with Crippen LogP contribution in [-0.4, -0.2) is 31.3 Å². The van der Waals surface area contributed by atoms with Crippen LogP contribution >= 0.6 is 11.8 Å². The van der Waals surface area contributed by atoms with E-state index in [1.807, 2.05) is 24.3 Å². The highest BCUT2D eigenvalue weighted by atomic mass is 32.2. The predicted octanol–water partition coefficient (Wildman–Crippen LogP) is 0.119. The second-order valence-corrected chi connectivity index (χ2v) is 4.54. The molecule has 0 fully saturated rings. The van der Waals surface area contributed by atoms with Crippen molar-refractivity contribution in [1.29, 1.82) is 0 Å². The maximum Gasteiger partial charge on any atom is 0.197 e. The van der Waals surface area contributed by atoms with Crippen LogP contribution in [0.25, 0.3) is 16.6 Å². The summed E-state index contributed by atoms with van der Waals surface area (Å²) in [6.45, 7) is 0. The molecule has 0 amide bonds. The third kappa shape index (κ3) is 1.78. The number of thioether (sulfide) groups is 1. The Labute approximate surface area is 106 Å². The number of rotatable bonds is 3. The quantitative estimate of drug-likeness (QED) is 0.621. The van der Waals surface area contributed by atoms with E-state index in [4.69, 9.17) is 0 Å². The van der Waals surface area contributed by atoms with E-state index in [1.165, 1.54) is 0 Å². The van der Waals surface area contributed by atoms with Crippen LogP contribution in [-0.2, 0) is 4.79 Å². The maximum atomic E-state index is 10.4. The zero-order valence-corrected chi connectivity index (χ0v) is 9.92. The topological polar surface area (TPSA) is 83.2 Å². The van der Waals surface area contributed by atoms with Gasteiger partial charge < -0.3 is 9.90 Å². The number of nitrogens with zero attached hydrogens (tertiary/aromatic N) is 4. The fraction of sp³-hybridized carbons (Fsp3) is 0.0909. The van der Waals surface area contributed by atoms with Gasteiger partial charge in [-0.05, 0) is 12.1 Å². The maximum absolute atomic E-state index is 10.4. The summed E-state index contributed by atoms with van der Waals surface area (Å²) < 4.78 is 1.68. The van der Waals surface area contributed by atoms with Gasteiger partial charge in [-0.1, -0.05) is 23.9 Å². The van der Waals surface area contributed by atoms with Crippen molar-refractivity contribution < 1.29 is 9.90 Å². The average Bonchev–Trinajstić information content (AvgIpc) is 2.80. The number of carbonyl (C=O) groups is 1. The Hall–Kier alpha value is -2.15. The molecular formula is C11H7N4O2S-. The van der Waals surface area contributed by atoms with Crippen molar-refractivity contribution in [1.82, 2.24) is 19.6 Å². The van der Waals surface area contributed by atoms with E-state index in [1.54, 1.807) is 10.7 Å². The summed E-state index contributed by atoms with van der Waals surface area (Å²) in [5.41, 5.74) is 1.50. The molecule has 0 saturated heterocycles. The van der Waals surface area contributed by atoms with Crippen molar-refractivity contribution in [3.63, 3.8) is 0 Å². The number of hydrogen-bond acceptors (Lipinski definition) is 6. The van der Waals surface area contributed by atoms with Gasteiger partial charge in [0.2, 0.25) is 0 Å². The number of benzene rings is 1. The Morgan fingerprint density at radius 3 is 3.00 bits per heavy atom. The fourth-order valence-electron chi connectivity index (χ4n) is 1.68. The summed E-state index contributed by atoms with van der Waals surface area (Å²) in [5, 5.41) is 19.8. The van der Waals surface area contributed by atoms with Crippen molar-refractivity contribution in [2.24, 2.45) is 0 Å². The molecule has 0 saturated carbocycles. The Kier molecular flexibility index (Phi) is 2.60. The van der Waals surface area contributed by atoms with Gasteiger partial charge in [-0.2, -0.15) is 0 Å². The van der Waals surface area contributed by atoms with Gasteiger partial charge in [0, 0.05) is 11.1 Å². The lowest BCUT2D eigenvalue weighted by molar-refractivity contribution is -0.301. The third-order valence-corrected chi connectivity index (χ3v) is 3.36. The number of carbonyl (C=O) groups excluding carboxylic acids is 1. The van der Waals surface area contributed by atoms with E-state index < -0.39 is 5.97 Å². The standard InChI is InChI=1S/C11H8N4O2S/c16-9(17)5-18-11-14-13-10-7-3-1-2-4-8(7)12-6-15(10)11/h1-4,6H,5H2,(H,16,17)/p-1. The van der Waals surface area contributed by atoms with Crippen LogP contribution in [0.3, 0.4) is 0 Å². The molecule has 0 aliphatic heterocycles. The largest absolute Gasteiger partial charge is 0.549 e. The molecule has 2 aromatic heterocycles. The second-order valence-electron chi connectivity index (χ2n) is 3.60. The average molecular weight is 259 g/mol. The number of carboxylic acid groups (broad SMARTS) is 1. The number of aliphatic carboxylic acids is 1. The number of fused-ring (bicyclic) bond motifs is 3. The molecule has 2 heterocycles. The third-order valence-electron chi connectivity index (χ3n) is 2.44. The lowest BCUT2D eigenvalue weighted by Crippen LogP contribution is -2.24. The van der Waals surface area contributed by atoms with Crippen LogP contribution in [0.1, 0.15) is 0 Å². The van der Waals surface area contributed by atoms with E-state index >= 15 is 0 Å². The zero-order valence-electron chi connectivity index (χ0n) is 9.11. The van der Waals surface area contributed by atoms with E-state index in [0.29, 0.717) is 10.8 Å². The molecule has 0 atom stereocenters. The predicted molar refractivity (Wildman–Crippen MR) is 64.0 cm³/mol. The molecule has 0 radical (unpaired) electrons. The summed E-state index contributed by atoms with van der Waals surface area (Å²) in [7, 11) is 0. The SMILES string of the molecule is O=C([O-])CSc1nnc2c3ccccc3ncn12. The normalized spacial score (nSPS) is 11.1. The van der Waals surface area contributed by atoms with Crippen molar-refractivity contribution in [2.45, 2.75) is 5.16 Å². The Morgan fingerprint density at radius 1 is 1.33 bits per heavy atom. The molecule has 0 aliphatic rings. The van der Waals surface area contributed by atoms with E-state index in [2.05, 4.69) is 15.2 Å². The first kappa shape index (κ1) is 11.0. The summed E-state index contributed by atoms with van der Waals surface area (Å²) in [6.07, 6.45) is 1.59. The molecule has 7 heteroatoms. The molecule has 3 aromatic rings. The monoisotopic (exact) mass is 259 g/mol. The highest BCUT2D eigenvalue weighted by molar-refractivity contribution is 7.99. The van der Waals surface area contributed by atoms with Gasteiger partial charge in [0.05, 0.1) is 11.5 Å². The summed E-state index contributed by atoms with van der Waals surface area (Å²) in [4.78, 5) is 14.7. The van der Waals surface area contributed by atoms with Crippen LogP contribution in [0.4, 0.5) is 0 Å². The highest BCUT2D eigenvalue weighted by Crippen LogP contribution is 2.21. The molecule has 3 rings (SSSR count). The van der Waals surface area contributed by atoms with Crippen LogP contribution < -0.4 is 5.11 Å². The van der Waals surface area contributed by atoms with Crippen LogP contribution in [0.5, 0.6) is 0 Å². The summed E-state index contributed by atoms with van der Waals surface area (Å²) in [6, 6.07) is 7.58. The molecule has 6 nitrogen and oxygen atoms in total. The minimum atomic E-state index is -1.13. The molecule has 0 spiro atoms. The van der Waals surface area contributed by atoms with Crippen LogP contribution in [0.2, 0.25) is 0 Å². The van der Waals surface area contributed by atoms with E-state index in [0.717, 1.165) is 22.7 Å². The van der Waals surface area contributed by atoms with Crippen molar-refractivity contribution in [3.05, 3.63) is 30.6 Å². The van der Waals surface area contributed by atoms with E-state index in [-0.39, 0.29) is 5.75 Å². The van der Waals surface area contributed by atoms with Gasteiger partial charge in [0.1, 0.15) is 6.33 Å². The molecule has 18 heavy (non-hydrogen) atoms. The van der Waals surface area contributed by atoms with Gasteiger partial charge in [0.15, 0.2) is 10.8 Å². The molecule has 0 N–H and O–H groups in total. The first-order chi connectivity index (χ1) is 8.75. The number of carboxylic acids is 1. The highest BCUT2D eigenvalue weighted by Gasteiger charge is 2.09. The van der Waals surface area contributed by atoms with Crippen molar-refractivity contribution >= 4 is 34.3 Å². The Balaban J connectivity index is 2.14. The minimum Gasteiger partial charge on any atom is -0.549 e. The first-order valence-electron chi connectivity index (χ1n) is 5.17. The zero-order chi connectivity index (χ0) is 12.5. The summed E-state index contributed by atoms with van der Waals surface area (Å²) in [5.74, 6) is -1.29.